The second-order valence-electron chi connectivity index (χ2n) is 5.94. The smallest absolute Gasteiger partial charge is 0.409 e. The first kappa shape index (κ1) is 19.0. The average molecular weight is 395 g/mol. The van der Waals surface area contributed by atoms with Crippen LogP contribution in [0.5, 0.6) is 0 Å². The molecule has 3 rings (SSSR count). The lowest BCUT2D eigenvalue weighted by atomic mass is 10.2. The van der Waals surface area contributed by atoms with Crippen LogP contribution in [0.2, 0.25) is 5.02 Å². The molecule has 2 aromatic rings. The summed E-state index contributed by atoms with van der Waals surface area (Å²) in [6.45, 7) is 3.13. The molecule has 0 spiro atoms. The molecule has 0 bridgehead atoms. The fourth-order valence-corrected chi connectivity index (χ4v) is 2.94. The predicted molar refractivity (Wildman–Crippen MR) is 96.7 cm³/mol. The van der Waals surface area contributed by atoms with Crippen molar-refractivity contribution in [2.24, 2.45) is 0 Å². The minimum atomic E-state index is -0.721. The van der Waals surface area contributed by atoms with Gasteiger partial charge in [0.05, 0.1) is 6.61 Å². The van der Waals surface area contributed by atoms with Gasteiger partial charge in [0.2, 0.25) is 5.76 Å². The Labute approximate surface area is 160 Å². The molecule has 2 amide bonds. The second-order valence-corrected chi connectivity index (χ2v) is 6.37. The summed E-state index contributed by atoms with van der Waals surface area (Å²) in [4.78, 5) is 39.1. The van der Waals surface area contributed by atoms with E-state index in [0.717, 1.165) is 0 Å². The highest BCUT2D eigenvalue weighted by molar-refractivity contribution is 6.31. The fourth-order valence-electron chi connectivity index (χ4n) is 2.76. The Kier molecular flexibility index (Phi) is 5.85. The average Bonchev–Trinajstić information content (AvgIpc) is 3.09. The van der Waals surface area contributed by atoms with Gasteiger partial charge in [0.15, 0.2) is 6.61 Å². The number of piperazine rings is 1. The number of esters is 1. The summed E-state index contributed by atoms with van der Waals surface area (Å²) in [5.41, 5.74) is 0.507. The molecule has 0 radical (unpaired) electrons. The van der Waals surface area contributed by atoms with Crippen molar-refractivity contribution in [1.29, 1.82) is 0 Å². The highest BCUT2D eigenvalue weighted by Gasteiger charge is 2.25. The predicted octanol–water partition coefficient (Wildman–Crippen LogP) is 2.54. The van der Waals surface area contributed by atoms with Crippen LogP contribution < -0.4 is 0 Å². The number of carbonyl (C=O) groups excluding carboxylic acids is 3. The summed E-state index contributed by atoms with van der Waals surface area (Å²) in [7, 11) is 0. The SMILES string of the molecule is CCOC(=O)N1CCN(C(=O)COC(=O)c2cc3cc(Cl)ccc3o2)CC1. The third-order valence-electron chi connectivity index (χ3n) is 4.16. The van der Waals surface area contributed by atoms with Crippen molar-refractivity contribution < 1.29 is 28.3 Å². The van der Waals surface area contributed by atoms with Gasteiger partial charge in [-0.05, 0) is 31.2 Å². The molecule has 1 saturated heterocycles. The molecule has 0 atom stereocenters. The molecule has 27 heavy (non-hydrogen) atoms. The number of ether oxygens (including phenoxy) is 2. The molecule has 0 unspecified atom stereocenters. The maximum absolute atomic E-state index is 12.2. The molecule has 1 aromatic carbocycles. The molecule has 144 valence electrons. The van der Waals surface area contributed by atoms with Crippen molar-refractivity contribution >= 4 is 40.5 Å². The van der Waals surface area contributed by atoms with E-state index < -0.39 is 12.6 Å². The largest absolute Gasteiger partial charge is 0.450 e. The van der Waals surface area contributed by atoms with Crippen LogP contribution in [0.3, 0.4) is 0 Å². The first-order valence-corrected chi connectivity index (χ1v) is 8.91. The van der Waals surface area contributed by atoms with E-state index in [4.69, 9.17) is 25.5 Å². The summed E-state index contributed by atoms with van der Waals surface area (Å²) in [5.74, 6) is -1.04. The number of hydrogen-bond donors (Lipinski definition) is 0. The number of halogens is 1. The summed E-state index contributed by atoms with van der Waals surface area (Å²) >= 11 is 5.90. The maximum Gasteiger partial charge on any atom is 0.409 e. The van der Waals surface area contributed by atoms with Gasteiger partial charge in [0.1, 0.15) is 5.58 Å². The van der Waals surface area contributed by atoms with Gasteiger partial charge in [0, 0.05) is 36.6 Å². The van der Waals surface area contributed by atoms with Crippen LogP contribution in [0, 0.1) is 0 Å². The quantitative estimate of drug-likeness (QED) is 0.740. The van der Waals surface area contributed by atoms with Crippen molar-refractivity contribution in [3.8, 4) is 0 Å². The number of nitrogens with zero attached hydrogens (tertiary/aromatic N) is 2. The third kappa shape index (κ3) is 4.51. The Balaban J connectivity index is 1.50. The Hall–Kier alpha value is -2.74. The van der Waals surface area contributed by atoms with Gasteiger partial charge in [-0.2, -0.15) is 0 Å². The molecule has 9 heteroatoms. The Morgan fingerprint density at radius 2 is 1.78 bits per heavy atom. The van der Waals surface area contributed by atoms with Crippen molar-refractivity contribution in [3.05, 3.63) is 35.0 Å². The number of fused-ring (bicyclic) bond motifs is 1. The van der Waals surface area contributed by atoms with Crippen LogP contribution in [-0.4, -0.2) is 67.2 Å². The highest BCUT2D eigenvalue weighted by Crippen LogP contribution is 2.23. The van der Waals surface area contributed by atoms with Crippen LogP contribution in [0.15, 0.2) is 28.7 Å². The zero-order valence-corrected chi connectivity index (χ0v) is 15.5. The van der Waals surface area contributed by atoms with Crippen LogP contribution in [0.25, 0.3) is 11.0 Å². The van der Waals surface area contributed by atoms with E-state index in [-0.39, 0.29) is 17.8 Å². The van der Waals surface area contributed by atoms with Gasteiger partial charge >= 0.3 is 12.1 Å². The molecule has 1 aliphatic rings. The molecular formula is C18H19ClN2O6. The lowest BCUT2D eigenvalue weighted by molar-refractivity contribution is -0.136. The van der Waals surface area contributed by atoms with E-state index in [2.05, 4.69) is 0 Å². The van der Waals surface area contributed by atoms with Crippen molar-refractivity contribution in [1.82, 2.24) is 9.80 Å². The Morgan fingerprint density at radius 3 is 2.48 bits per heavy atom. The molecule has 0 saturated carbocycles. The lowest BCUT2D eigenvalue weighted by Crippen LogP contribution is -2.51. The first-order valence-electron chi connectivity index (χ1n) is 8.53. The van der Waals surface area contributed by atoms with Gasteiger partial charge in [-0.15, -0.1) is 0 Å². The molecule has 0 N–H and O–H groups in total. The van der Waals surface area contributed by atoms with E-state index in [1.54, 1.807) is 34.9 Å². The fraction of sp³-hybridized carbons (Fsp3) is 0.389. The summed E-state index contributed by atoms with van der Waals surface area (Å²) in [5, 5.41) is 1.20. The van der Waals surface area contributed by atoms with Crippen LogP contribution in [0.1, 0.15) is 17.5 Å². The van der Waals surface area contributed by atoms with Crippen LogP contribution in [-0.2, 0) is 14.3 Å². The number of carbonyl (C=O) groups is 3. The monoisotopic (exact) mass is 394 g/mol. The van der Waals surface area contributed by atoms with Gasteiger partial charge in [0.25, 0.3) is 5.91 Å². The third-order valence-corrected chi connectivity index (χ3v) is 4.40. The Bertz CT molecular complexity index is 857. The van der Waals surface area contributed by atoms with Crippen molar-refractivity contribution in [2.45, 2.75) is 6.92 Å². The van der Waals surface area contributed by atoms with E-state index in [1.807, 2.05) is 0 Å². The number of benzene rings is 1. The minimum absolute atomic E-state index is 0.00666. The van der Waals surface area contributed by atoms with E-state index in [0.29, 0.717) is 48.8 Å². The molecule has 1 aromatic heterocycles. The minimum Gasteiger partial charge on any atom is -0.450 e. The van der Waals surface area contributed by atoms with Gasteiger partial charge < -0.3 is 23.7 Å². The second kappa shape index (κ2) is 8.30. The molecular weight excluding hydrogens is 376 g/mol. The molecule has 2 heterocycles. The first-order chi connectivity index (χ1) is 13.0. The number of furan rings is 1. The zero-order valence-electron chi connectivity index (χ0n) is 14.8. The Morgan fingerprint density at radius 1 is 1.07 bits per heavy atom. The highest BCUT2D eigenvalue weighted by atomic mass is 35.5. The molecule has 8 nitrogen and oxygen atoms in total. The zero-order chi connectivity index (χ0) is 19.4. The topological polar surface area (TPSA) is 89.3 Å². The maximum atomic E-state index is 12.2. The van der Waals surface area contributed by atoms with E-state index in [1.165, 1.54) is 6.07 Å². The molecule has 0 aliphatic carbocycles. The number of rotatable bonds is 4. The lowest BCUT2D eigenvalue weighted by Gasteiger charge is -2.33. The van der Waals surface area contributed by atoms with E-state index >= 15 is 0 Å². The summed E-state index contributed by atoms with van der Waals surface area (Å²) in [6, 6.07) is 6.50. The molecule has 1 aliphatic heterocycles. The van der Waals surface area contributed by atoms with Crippen molar-refractivity contribution in [2.75, 3.05) is 39.4 Å². The van der Waals surface area contributed by atoms with E-state index in [9.17, 15) is 14.4 Å². The van der Waals surface area contributed by atoms with Crippen LogP contribution in [0.4, 0.5) is 4.79 Å². The van der Waals surface area contributed by atoms with Gasteiger partial charge in [-0.25, -0.2) is 9.59 Å². The van der Waals surface area contributed by atoms with Crippen LogP contribution >= 0.6 is 11.6 Å². The van der Waals surface area contributed by atoms with Crippen molar-refractivity contribution in [3.63, 3.8) is 0 Å². The standard InChI is InChI=1S/C18H19ClN2O6/c1-2-25-18(24)21-7-5-20(6-8-21)16(22)11-26-17(23)15-10-12-9-13(19)3-4-14(12)27-15/h3-4,9-10H,2,5-8,11H2,1H3. The van der Waals surface area contributed by atoms with Gasteiger partial charge in [-0.3, -0.25) is 4.79 Å². The number of amides is 2. The summed E-state index contributed by atoms with van der Waals surface area (Å²) < 4.78 is 15.4. The molecule has 1 fully saturated rings. The van der Waals surface area contributed by atoms with Gasteiger partial charge in [-0.1, -0.05) is 11.6 Å². The normalized spacial score (nSPS) is 14.3. The number of hydrogen-bond acceptors (Lipinski definition) is 6. The summed E-state index contributed by atoms with van der Waals surface area (Å²) in [6.07, 6.45) is -0.388.